The molecule has 0 radical (unpaired) electrons. The number of aromatic nitrogens is 2. The van der Waals surface area contributed by atoms with E-state index >= 15 is 0 Å². The Bertz CT molecular complexity index is 513. The summed E-state index contributed by atoms with van der Waals surface area (Å²) >= 11 is 3.43. The standard InChI is InChI=1S/C13H15BrN4/c1-9(10-3-5-11(14)6-4-10)17-13-8-16-7-12(15-2)18-13/h3-9H,1-2H3,(H2,15,17,18). The molecule has 2 N–H and O–H groups in total. The topological polar surface area (TPSA) is 49.8 Å². The Hall–Kier alpha value is -1.62. The van der Waals surface area contributed by atoms with Gasteiger partial charge >= 0.3 is 0 Å². The minimum absolute atomic E-state index is 0.180. The molecule has 0 saturated heterocycles. The van der Waals surface area contributed by atoms with E-state index < -0.39 is 0 Å². The molecule has 2 aromatic rings. The first kappa shape index (κ1) is 12.8. The van der Waals surface area contributed by atoms with E-state index in [-0.39, 0.29) is 6.04 Å². The zero-order valence-corrected chi connectivity index (χ0v) is 11.9. The first-order chi connectivity index (χ1) is 8.69. The molecule has 1 atom stereocenters. The van der Waals surface area contributed by atoms with Crippen molar-refractivity contribution in [1.82, 2.24) is 9.97 Å². The maximum absolute atomic E-state index is 4.38. The van der Waals surface area contributed by atoms with E-state index in [2.05, 4.69) is 55.6 Å². The van der Waals surface area contributed by atoms with Crippen molar-refractivity contribution < 1.29 is 0 Å². The van der Waals surface area contributed by atoms with Crippen LogP contribution in [0.25, 0.3) is 0 Å². The third-order valence-corrected chi connectivity index (χ3v) is 3.15. The van der Waals surface area contributed by atoms with E-state index in [0.717, 1.165) is 16.1 Å². The molecule has 1 aromatic carbocycles. The van der Waals surface area contributed by atoms with Gasteiger partial charge in [0.05, 0.1) is 12.4 Å². The predicted molar refractivity (Wildman–Crippen MR) is 77.8 cm³/mol. The van der Waals surface area contributed by atoms with Gasteiger partial charge in [-0.3, -0.25) is 4.98 Å². The van der Waals surface area contributed by atoms with E-state index in [0.29, 0.717) is 0 Å². The number of hydrogen-bond donors (Lipinski definition) is 2. The predicted octanol–water partition coefficient (Wildman–Crippen LogP) is 3.45. The Morgan fingerprint density at radius 1 is 1.11 bits per heavy atom. The molecule has 0 aliphatic carbocycles. The number of rotatable bonds is 4. The molecule has 5 heteroatoms. The van der Waals surface area contributed by atoms with Crippen molar-refractivity contribution in [3.05, 3.63) is 46.7 Å². The maximum atomic E-state index is 4.38. The van der Waals surface area contributed by atoms with Crippen LogP contribution in [0.5, 0.6) is 0 Å². The van der Waals surface area contributed by atoms with Crippen LogP contribution in [-0.2, 0) is 0 Å². The Morgan fingerprint density at radius 3 is 2.44 bits per heavy atom. The van der Waals surface area contributed by atoms with Crippen molar-refractivity contribution in [1.29, 1.82) is 0 Å². The molecule has 1 aromatic heterocycles. The highest BCUT2D eigenvalue weighted by molar-refractivity contribution is 9.10. The van der Waals surface area contributed by atoms with Crippen LogP contribution in [0, 0.1) is 0 Å². The molecular formula is C13H15BrN4. The fraction of sp³-hybridized carbons (Fsp3) is 0.231. The zero-order chi connectivity index (χ0) is 13.0. The fourth-order valence-electron chi connectivity index (χ4n) is 1.61. The molecular weight excluding hydrogens is 292 g/mol. The van der Waals surface area contributed by atoms with Crippen LogP contribution in [0.15, 0.2) is 41.1 Å². The summed E-state index contributed by atoms with van der Waals surface area (Å²) in [7, 11) is 1.83. The summed E-state index contributed by atoms with van der Waals surface area (Å²) in [5.74, 6) is 1.51. The SMILES string of the molecule is CNc1cncc(NC(C)c2ccc(Br)cc2)n1. The van der Waals surface area contributed by atoms with Crippen molar-refractivity contribution >= 4 is 27.6 Å². The average Bonchev–Trinajstić information content (AvgIpc) is 2.39. The lowest BCUT2D eigenvalue weighted by Gasteiger charge is -2.15. The van der Waals surface area contributed by atoms with Crippen LogP contribution in [-0.4, -0.2) is 17.0 Å². The second kappa shape index (κ2) is 5.82. The number of halogens is 1. The quantitative estimate of drug-likeness (QED) is 0.908. The van der Waals surface area contributed by atoms with Gasteiger partial charge in [-0.2, -0.15) is 0 Å². The lowest BCUT2D eigenvalue weighted by molar-refractivity contribution is 0.871. The summed E-state index contributed by atoms with van der Waals surface area (Å²) in [6.45, 7) is 2.09. The summed E-state index contributed by atoms with van der Waals surface area (Å²) < 4.78 is 1.08. The molecule has 0 bridgehead atoms. The third-order valence-electron chi connectivity index (χ3n) is 2.63. The fourth-order valence-corrected chi connectivity index (χ4v) is 1.88. The van der Waals surface area contributed by atoms with Gasteiger partial charge in [0.25, 0.3) is 0 Å². The third kappa shape index (κ3) is 3.20. The molecule has 0 spiro atoms. The summed E-state index contributed by atoms with van der Waals surface area (Å²) in [6, 6.07) is 8.40. The monoisotopic (exact) mass is 306 g/mol. The van der Waals surface area contributed by atoms with E-state index in [1.165, 1.54) is 5.56 Å². The summed E-state index contributed by atoms with van der Waals surface area (Å²) in [5, 5.41) is 6.29. The van der Waals surface area contributed by atoms with Gasteiger partial charge < -0.3 is 10.6 Å². The second-order valence-electron chi connectivity index (χ2n) is 3.96. The number of benzene rings is 1. The Labute approximate surface area is 115 Å². The zero-order valence-electron chi connectivity index (χ0n) is 10.3. The van der Waals surface area contributed by atoms with Gasteiger partial charge in [0.2, 0.25) is 0 Å². The molecule has 2 rings (SSSR count). The van der Waals surface area contributed by atoms with E-state index in [4.69, 9.17) is 0 Å². The molecule has 1 heterocycles. The van der Waals surface area contributed by atoms with E-state index in [9.17, 15) is 0 Å². The van der Waals surface area contributed by atoms with Crippen molar-refractivity contribution in [3.8, 4) is 0 Å². The van der Waals surface area contributed by atoms with Gasteiger partial charge in [0.1, 0.15) is 11.6 Å². The van der Waals surface area contributed by atoms with Gasteiger partial charge in [-0.05, 0) is 24.6 Å². The Kier molecular flexibility index (Phi) is 4.15. The molecule has 18 heavy (non-hydrogen) atoms. The van der Waals surface area contributed by atoms with Crippen LogP contribution in [0.2, 0.25) is 0 Å². The number of nitrogens with zero attached hydrogens (tertiary/aromatic N) is 2. The summed E-state index contributed by atoms with van der Waals surface area (Å²) in [4.78, 5) is 8.50. The molecule has 0 aliphatic rings. The minimum Gasteiger partial charge on any atom is -0.372 e. The van der Waals surface area contributed by atoms with Crippen molar-refractivity contribution in [2.75, 3.05) is 17.7 Å². The summed E-state index contributed by atoms with van der Waals surface area (Å²) in [6.07, 6.45) is 3.41. The lowest BCUT2D eigenvalue weighted by Crippen LogP contribution is -2.08. The van der Waals surface area contributed by atoms with Gasteiger partial charge in [-0.1, -0.05) is 28.1 Å². The molecule has 94 valence electrons. The number of hydrogen-bond acceptors (Lipinski definition) is 4. The largest absolute Gasteiger partial charge is 0.372 e. The molecule has 0 fully saturated rings. The highest BCUT2D eigenvalue weighted by atomic mass is 79.9. The number of nitrogens with one attached hydrogen (secondary N) is 2. The van der Waals surface area contributed by atoms with Gasteiger partial charge in [-0.25, -0.2) is 4.98 Å². The first-order valence-corrected chi connectivity index (χ1v) is 6.50. The molecule has 0 saturated carbocycles. The molecule has 0 aliphatic heterocycles. The second-order valence-corrected chi connectivity index (χ2v) is 4.87. The number of anilines is 2. The highest BCUT2D eigenvalue weighted by Crippen LogP contribution is 2.20. The van der Waals surface area contributed by atoms with Crippen LogP contribution < -0.4 is 10.6 Å². The van der Waals surface area contributed by atoms with Crippen LogP contribution in [0.1, 0.15) is 18.5 Å². The van der Waals surface area contributed by atoms with Crippen LogP contribution >= 0.6 is 15.9 Å². The van der Waals surface area contributed by atoms with Crippen molar-refractivity contribution in [2.24, 2.45) is 0 Å². The minimum atomic E-state index is 0.180. The van der Waals surface area contributed by atoms with E-state index in [1.807, 2.05) is 19.2 Å². The summed E-state index contributed by atoms with van der Waals surface area (Å²) in [5.41, 5.74) is 1.20. The average molecular weight is 307 g/mol. The van der Waals surface area contributed by atoms with Gasteiger partial charge in [0, 0.05) is 17.6 Å². The van der Waals surface area contributed by atoms with Crippen LogP contribution in [0.3, 0.4) is 0 Å². The first-order valence-electron chi connectivity index (χ1n) is 5.71. The van der Waals surface area contributed by atoms with Crippen molar-refractivity contribution in [3.63, 3.8) is 0 Å². The highest BCUT2D eigenvalue weighted by Gasteiger charge is 2.06. The lowest BCUT2D eigenvalue weighted by atomic mass is 10.1. The smallest absolute Gasteiger partial charge is 0.147 e. The van der Waals surface area contributed by atoms with Gasteiger partial charge in [0.15, 0.2) is 0 Å². The van der Waals surface area contributed by atoms with Gasteiger partial charge in [-0.15, -0.1) is 0 Å². The maximum Gasteiger partial charge on any atom is 0.147 e. The Morgan fingerprint density at radius 2 is 1.78 bits per heavy atom. The Balaban J connectivity index is 2.10. The van der Waals surface area contributed by atoms with E-state index in [1.54, 1.807) is 12.4 Å². The van der Waals surface area contributed by atoms with Crippen LogP contribution in [0.4, 0.5) is 11.6 Å². The molecule has 1 unspecified atom stereocenters. The molecule has 4 nitrogen and oxygen atoms in total. The molecule has 0 amide bonds. The normalized spacial score (nSPS) is 11.9. The van der Waals surface area contributed by atoms with Crippen molar-refractivity contribution in [2.45, 2.75) is 13.0 Å².